The molecule has 1 aromatic heterocycles. The van der Waals surface area contributed by atoms with Crippen molar-refractivity contribution in [1.82, 2.24) is 20.2 Å². The average Bonchev–Trinajstić information content (AvgIpc) is 2.75. The maximum Gasteiger partial charge on any atom is 0.247 e. The first-order valence-corrected chi connectivity index (χ1v) is 7.61. The summed E-state index contributed by atoms with van der Waals surface area (Å²) < 4.78 is 0.173. The number of halogens is 3. The van der Waals surface area contributed by atoms with Crippen LogP contribution in [0.15, 0.2) is 35.5 Å². The number of hydrogen-bond acceptors (Lipinski definition) is 5. The lowest BCUT2D eigenvalue weighted by Gasteiger charge is -2.08. The Morgan fingerprint density at radius 1 is 1.12 bits per heavy atom. The summed E-state index contributed by atoms with van der Waals surface area (Å²) in [6.45, 7) is 0. The van der Waals surface area contributed by atoms with Crippen LogP contribution in [0.3, 0.4) is 0 Å². The zero-order valence-electron chi connectivity index (χ0n) is 8.13. The smallest absolute Gasteiger partial charge is 0.187 e. The van der Waals surface area contributed by atoms with Gasteiger partial charge in [-0.1, -0.05) is 53.0 Å². The van der Waals surface area contributed by atoms with Crippen molar-refractivity contribution in [2.75, 3.05) is 0 Å². The molecule has 0 aliphatic heterocycles. The molecule has 90 valence electrons. The van der Waals surface area contributed by atoms with Crippen LogP contribution in [-0.4, -0.2) is 23.3 Å². The van der Waals surface area contributed by atoms with Gasteiger partial charge in [-0.2, -0.15) is 4.68 Å². The zero-order chi connectivity index (χ0) is 12.3. The number of para-hydroxylation sites is 1. The maximum absolute atomic E-state index is 5.64. The molecule has 0 aliphatic rings. The summed E-state index contributed by atoms with van der Waals surface area (Å²) >= 11 is 16.9. The lowest BCUT2D eigenvalue weighted by molar-refractivity contribution is 0.758. The topological polar surface area (TPSA) is 43.6 Å². The van der Waals surface area contributed by atoms with Gasteiger partial charge in [0.1, 0.15) is 0 Å². The fraction of sp³-hybridized carbons (Fsp3) is 0.125. The van der Waals surface area contributed by atoms with Crippen LogP contribution < -0.4 is 0 Å². The van der Waals surface area contributed by atoms with Crippen molar-refractivity contribution in [3.63, 3.8) is 0 Å². The highest BCUT2D eigenvalue weighted by atomic mass is 35.6. The lowest BCUT2D eigenvalue weighted by Crippen LogP contribution is -1.98. The zero-order valence-corrected chi connectivity index (χ0v) is 12.0. The molecule has 17 heavy (non-hydrogen) atoms. The van der Waals surface area contributed by atoms with E-state index in [9.17, 15) is 0 Å². The minimum Gasteiger partial charge on any atom is -0.187 e. The normalized spacial score (nSPS) is 11.7. The molecule has 2 aromatic rings. The average molecular weight is 328 g/mol. The van der Waals surface area contributed by atoms with Gasteiger partial charge in [0, 0.05) is 0 Å². The first-order chi connectivity index (χ1) is 8.06. The summed E-state index contributed by atoms with van der Waals surface area (Å²) in [6.07, 6.45) is 0. The summed E-state index contributed by atoms with van der Waals surface area (Å²) in [4.78, 5) is 0. The Kier molecular flexibility index (Phi) is 4.43. The van der Waals surface area contributed by atoms with E-state index < -0.39 is 3.12 Å². The van der Waals surface area contributed by atoms with Crippen LogP contribution in [0.2, 0.25) is 0 Å². The van der Waals surface area contributed by atoms with Gasteiger partial charge in [0.05, 0.1) is 5.69 Å². The summed E-state index contributed by atoms with van der Waals surface area (Å²) in [5, 5.41) is 11.9. The number of benzene rings is 1. The second-order valence-corrected chi connectivity index (χ2v) is 8.09. The minimum atomic E-state index is -1.40. The summed E-state index contributed by atoms with van der Waals surface area (Å²) in [6, 6.07) is 9.48. The quantitative estimate of drug-likeness (QED) is 0.635. The Morgan fingerprint density at radius 3 is 2.47 bits per heavy atom. The van der Waals surface area contributed by atoms with Crippen molar-refractivity contribution in [2.24, 2.45) is 0 Å². The van der Waals surface area contributed by atoms with Gasteiger partial charge < -0.3 is 0 Å². The van der Waals surface area contributed by atoms with E-state index in [0.29, 0.717) is 5.16 Å². The lowest BCUT2D eigenvalue weighted by atomic mass is 10.3. The number of rotatable bonds is 3. The molecular weight excluding hydrogens is 323 g/mol. The van der Waals surface area contributed by atoms with E-state index in [1.807, 2.05) is 30.3 Å². The van der Waals surface area contributed by atoms with Crippen molar-refractivity contribution in [2.45, 2.75) is 8.28 Å². The van der Waals surface area contributed by atoms with Crippen LogP contribution in [0.1, 0.15) is 0 Å². The molecule has 9 heteroatoms. The fourth-order valence-electron chi connectivity index (χ4n) is 1.05. The third-order valence-corrected chi connectivity index (χ3v) is 5.29. The molecular formula is C8H5Cl3N4S2. The first-order valence-electron chi connectivity index (χ1n) is 4.32. The summed E-state index contributed by atoms with van der Waals surface area (Å²) in [5.74, 6) is 0. The van der Waals surface area contributed by atoms with E-state index in [4.69, 9.17) is 34.8 Å². The molecule has 0 N–H and O–H groups in total. The standard InChI is InChI=1S/C8H5Cl3N4S2/c9-8(10,11)17-16-7-12-13-14-15(7)6-4-2-1-3-5-6/h1-5H. The number of aromatic nitrogens is 4. The largest absolute Gasteiger partial charge is 0.247 e. The van der Waals surface area contributed by atoms with Crippen LogP contribution in [0.25, 0.3) is 5.69 Å². The Hall–Kier alpha value is -0.140. The van der Waals surface area contributed by atoms with Gasteiger partial charge in [-0.3, -0.25) is 0 Å². The van der Waals surface area contributed by atoms with Crippen LogP contribution in [0.4, 0.5) is 0 Å². The van der Waals surface area contributed by atoms with Crippen molar-refractivity contribution in [1.29, 1.82) is 0 Å². The van der Waals surface area contributed by atoms with Crippen molar-refractivity contribution in [3.8, 4) is 5.69 Å². The number of hydrogen-bond donors (Lipinski definition) is 0. The highest BCUT2D eigenvalue weighted by Crippen LogP contribution is 2.48. The molecule has 0 amide bonds. The van der Waals surface area contributed by atoms with Gasteiger partial charge in [-0.05, 0) is 44.1 Å². The van der Waals surface area contributed by atoms with Gasteiger partial charge in [0.25, 0.3) is 0 Å². The Morgan fingerprint density at radius 2 is 1.82 bits per heavy atom. The van der Waals surface area contributed by atoms with E-state index in [2.05, 4.69) is 15.5 Å². The minimum absolute atomic E-state index is 0.549. The van der Waals surface area contributed by atoms with Crippen molar-refractivity contribution in [3.05, 3.63) is 30.3 Å². The van der Waals surface area contributed by atoms with E-state index >= 15 is 0 Å². The molecule has 0 radical (unpaired) electrons. The molecule has 0 atom stereocenters. The third kappa shape index (κ3) is 3.93. The molecule has 0 bridgehead atoms. The molecule has 0 saturated heterocycles. The van der Waals surface area contributed by atoms with Crippen LogP contribution in [0, 0.1) is 0 Å². The molecule has 2 rings (SSSR count). The predicted octanol–water partition coefficient (Wildman–Crippen LogP) is 3.73. The van der Waals surface area contributed by atoms with Gasteiger partial charge in [0.2, 0.25) is 8.28 Å². The summed E-state index contributed by atoms with van der Waals surface area (Å²) in [5.41, 5.74) is 0.852. The molecule has 4 nitrogen and oxygen atoms in total. The number of tetrazole rings is 1. The Bertz CT molecular complexity index is 485. The van der Waals surface area contributed by atoms with Crippen LogP contribution >= 0.6 is 56.4 Å². The van der Waals surface area contributed by atoms with Crippen LogP contribution in [0.5, 0.6) is 0 Å². The highest BCUT2D eigenvalue weighted by Gasteiger charge is 2.23. The molecule has 0 unspecified atom stereocenters. The monoisotopic (exact) mass is 326 g/mol. The molecule has 0 fully saturated rings. The first kappa shape index (κ1) is 13.3. The predicted molar refractivity (Wildman–Crippen MR) is 72.9 cm³/mol. The van der Waals surface area contributed by atoms with E-state index in [1.54, 1.807) is 4.68 Å². The van der Waals surface area contributed by atoms with E-state index in [1.165, 1.54) is 10.8 Å². The molecule has 1 heterocycles. The third-order valence-electron chi connectivity index (χ3n) is 1.65. The summed E-state index contributed by atoms with van der Waals surface area (Å²) in [7, 11) is 2.25. The highest BCUT2D eigenvalue weighted by molar-refractivity contribution is 8.78. The second-order valence-electron chi connectivity index (χ2n) is 2.82. The van der Waals surface area contributed by atoms with Crippen molar-refractivity contribution >= 4 is 56.4 Å². The molecule has 1 aromatic carbocycles. The second kappa shape index (κ2) is 5.67. The molecule has 0 spiro atoms. The van der Waals surface area contributed by atoms with E-state index in [0.717, 1.165) is 16.5 Å². The Labute approximate surface area is 120 Å². The van der Waals surface area contributed by atoms with Gasteiger partial charge in [-0.25, -0.2) is 0 Å². The maximum atomic E-state index is 5.64. The fourth-order valence-corrected chi connectivity index (χ4v) is 3.17. The number of alkyl halides is 3. The number of nitrogens with zero attached hydrogens (tertiary/aromatic N) is 4. The van der Waals surface area contributed by atoms with Crippen molar-refractivity contribution < 1.29 is 0 Å². The molecule has 0 saturated carbocycles. The molecule has 0 aliphatic carbocycles. The van der Waals surface area contributed by atoms with Gasteiger partial charge in [-0.15, -0.1) is 5.10 Å². The SMILES string of the molecule is ClC(Cl)(Cl)SSc1nnnn1-c1ccccc1. The Balaban J connectivity index is 2.18. The van der Waals surface area contributed by atoms with Gasteiger partial charge >= 0.3 is 0 Å². The van der Waals surface area contributed by atoms with Crippen LogP contribution in [-0.2, 0) is 0 Å². The van der Waals surface area contributed by atoms with Gasteiger partial charge in [0.15, 0.2) is 0 Å². The van der Waals surface area contributed by atoms with E-state index in [-0.39, 0.29) is 0 Å².